The van der Waals surface area contributed by atoms with E-state index in [9.17, 15) is 4.79 Å². The second kappa shape index (κ2) is 4.74. The zero-order valence-corrected chi connectivity index (χ0v) is 9.79. The van der Waals surface area contributed by atoms with Crippen LogP contribution in [-0.2, 0) is 0 Å². The molecule has 86 valence electrons. The molecule has 0 aliphatic heterocycles. The molecule has 4 nitrogen and oxygen atoms in total. The van der Waals surface area contributed by atoms with E-state index in [1.54, 1.807) is 17.2 Å². The number of amides is 1. The smallest absolute Gasteiger partial charge is 0.279 e. The van der Waals surface area contributed by atoms with Crippen LogP contribution in [0.25, 0.3) is 10.9 Å². The minimum absolute atomic E-state index is 0.252. The van der Waals surface area contributed by atoms with Crippen molar-refractivity contribution in [3.63, 3.8) is 0 Å². The van der Waals surface area contributed by atoms with E-state index >= 15 is 0 Å². The molecule has 0 bridgehead atoms. The molecule has 1 aromatic heterocycles. The van der Waals surface area contributed by atoms with Crippen LogP contribution in [0.5, 0.6) is 0 Å². The predicted octanol–water partition coefficient (Wildman–Crippen LogP) is 1.96. The molecule has 0 N–H and O–H groups in total. The van der Waals surface area contributed by atoms with Crippen molar-refractivity contribution in [3.05, 3.63) is 42.1 Å². The Morgan fingerprint density at radius 2 is 2.12 bits per heavy atom. The molecule has 1 heterocycles. The quantitative estimate of drug-likeness (QED) is 0.582. The van der Waals surface area contributed by atoms with Crippen LogP contribution in [0.2, 0.25) is 0 Å². The highest BCUT2D eigenvalue weighted by Crippen LogP contribution is 2.16. The van der Waals surface area contributed by atoms with Gasteiger partial charge in [-0.15, -0.1) is 0 Å². The number of hydrogen-bond donors (Lipinski definition) is 0. The minimum Gasteiger partial charge on any atom is -0.369 e. The second-order valence-corrected chi connectivity index (χ2v) is 3.89. The summed E-state index contributed by atoms with van der Waals surface area (Å²) < 4.78 is 0. The maximum atomic E-state index is 11.9. The molecule has 0 saturated heterocycles. The van der Waals surface area contributed by atoms with Gasteiger partial charge >= 0.3 is 0 Å². The molecule has 0 fully saturated rings. The number of carbonyl (C=O) groups excluding carboxylic acids is 1. The van der Waals surface area contributed by atoms with Gasteiger partial charge in [-0.2, -0.15) is 4.99 Å². The van der Waals surface area contributed by atoms with Crippen LogP contribution in [-0.4, -0.2) is 36.2 Å². The molecule has 2 aromatic rings. The first kappa shape index (κ1) is 11.3. The van der Waals surface area contributed by atoms with E-state index in [-0.39, 0.29) is 5.91 Å². The summed E-state index contributed by atoms with van der Waals surface area (Å²) >= 11 is 0. The van der Waals surface area contributed by atoms with Gasteiger partial charge in [0.1, 0.15) is 0 Å². The number of rotatable bonds is 2. The SMILES string of the molecule is CN(C)/C=N/C(=O)c1cccc2ncccc12. The maximum Gasteiger partial charge on any atom is 0.279 e. The average molecular weight is 227 g/mol. The summed E-state index contributed by atoms with van der Waals surface area (Å²) in [6, 6.07) is 9.14. The second-order valence-electron chi connectivity index (χ2n) is 3.89. The Bertz CT molecular complexity index is 570. The van der Waals surface area contributed by atoms with Crippen LogP contribution in [0.15, 0.2) is 41.5 Å². The predicted molar refractivity (Wildman–Crippen MR) is 68.3 cm³/mol. The summed E-state index contributed by atoms with van der Waals surface area (Å²) in [5.74, 6) is -0.252. The third-order valence-electron chi connectivity index (χ3n) is 2.28. The molecular weight excluding hydrogens is 214 g/mol. The molecule has 0 aliphatic rings. The number of hydrogen-bond acceptors (Lipinski definition) is 2. The zero-order chi connectivity index (χ0) is 12.3. The van der Waals surface area contributed by atoms with E-state index in [1.807, 2.05) is 38.4 Å². The van der Waals surface area contributed by atoms with Gasteiger partial charge in [0.2, 0.25) is 0 Å². The van der Waals surface area contributed by atoms with Gasteiger partial charge in [0.15, 0.2) is 0 Å². The lowest BCUT2D eigenvalue weighted by atomic mass is 10.1. The molecular formula is C13H13N3O. The third kappa shape index (κ3) is 2.47. The molecule has 0 spiro atoms. The highest BCUT2D eigenvalue weighted by Gasteiger charge is 2.08. The van der Waals surface area contributed by atoms with E-state index in [1.165, 1.54) is 6.34 Å². The van der Waals surface area contributed by atoms with Gasteiger partial charge in [-0.25, -0.2) is 0 Å². The Labute approximate surface area is 99.6 Å². The summed E-state index contributed by atoms with van der Waals surface area (Å²) in [4.78, 5) is 21.7. The fourth-order valence-electron chi connectivity index (χ4n) is 1.53. The van der Waals surface area contributed by atoms with E-state index in [0.717, 1.165) is 10.9 Å². The van der Waals surface area contributed by atoms with Crippen LogP contribution in [0.1, 0.15) is 10.4 Å². The van der Waals surface area contributed by atoms with Crippen molar-refractivity contribution >= 4 is 23.1 Å². The van der Waals surface area contributed by atoms with Crippen molar-refractivity contribution in [2.45, 2.75) is 0 Å². The summed E-state index contributed by atoms with van der Waals surface area (Å²) in [6.45, 7) is 0. The molecule has 17 heavy (non-hydrogen) atoms. The number of pyridine rings is 1. The molecule has 0 radical (unpaired) electrons. The highest BCUT2D eigenvalue weighted by molar-refractivity contribution is 6.08. The van der Waals surface area contributed by atoms with E-state index < -0.39 is 0 Å². The van der Waals surface area contributed by atoms with Crippen LogP contribution >= 0.6 is 0 Å². The molecule has 1 amide bonds. The minimum atomic E-state index is -0.252. The first-order valence-electron chi connectivity index (χ1n) is 5.27. The lowest BCUT2D eigenvalue weighted by molar-refractivity contribution is 0.100. The van der Waals surface area contributed by atoms with Crippen LogP contribution in [0.3, 0.4) is 0 Å². The lowest BCUT2D eigenvalue weighted by Crippen LogP contribution is -2.10. The Morgan fingerprint density at radius 1 is 1.29 bits per heavy atom. The molecule has 0 unspecified atom stereocenters. The Morgan fingerprint density at radius 3 is 2.88 bits per heavy atom. The molecule has 4 heteroatoms. The van der Waals surface area contributed by atoms with E-state index in [4.69, 9.17) is 0 Å². The topological polar surface area (TPSA) is 45.6 Å². The standard InChI is InChI=1S/C13H13N3O/c1-16(2)9-15-13(17)11-5-3-7-12-10(11)6-4-8-14-12/h3-9H,1-2H3/b15-9+. The van der Waals surface area contributed by atoms with Crippen LogP contribution < -0.4 is 0 Å². The molecule has 1 aromatic carbocycles. The monoisotopic (exact) mass is 227 g/mol. The normalized spacial score (nSPS) is 10.9. The van der Waals surface area contributed by atoms with Crippen molar-refractivity contribution in [3.8, 4) is 0 Å². The Hall–Kier alpha value is -2.23. The first-order chi connectivity index (χ1) is 8.18. The van der Waals surface area contributed by atoms with Crippen LogP contribution in [0, 0.1) is 0 Å². The maximum absolute atomic E-state index is 11.9. The van der Waals surface area contributed by atoms with Gasteiger partial charge < -0.3 is 4.90 Å². The van der Waals surface area contributed by atoms with Gasteiger partial charge in [0.25, 0.3) is 5.91 Å². The average Bonchev–Trinajstić information content (AvgIpc) is 2.35. The number of carbonyl (C=O) groups is 1. The molecule has 0 saturated carbocycles. The summed E-state index contributed by atoms with van der Waals surface area (Å²) in [5, 5.41) is 0.830. The van der Waals surface area contributed by atoms with Gasteiger partial charge in [0, 0.05) is 25.7 Å². The van der Waals surface area contributed by atoms with E-state index in [2.05, 4.69) is 9.98 Å². The number of aromatic nitrogens is 1. The fraction of sp³-hybridized carbons (Fsp3) is 0.154. The number of nitrogens with zero attached hydrogens (tertiary/aromatic N) is 3. The lowest BCUT2D eigenvalue weighted by Gasteiger charge is -2.03. The Kier molecular flexibility index (Phi) is 3.14. The third-order valence-corrected chi connectivity index (χ3v) is 2.28. The number of fused-ring (bicyclic) bond motifs is 1. The summed E-state index contributed by atoms with van der Waals surface area (Å²) in [7, 11) is 3.64. The molecule has 0 atom stereocenters. The molecule has 0 aliphatic carbocycles. The Balaban J connectivity index is 2.45. The van der Waals surface area contributed by atoms with Crippen molar-refractivity contribution in [2.24, 2.45) is 4.99 Å². The highest BCUT2D eigenvalue weighted by atomic mass is 16.1. The van der Waals surface area contributed by atoms with Gasteiger partial charge in [-0.1, -0.05) is 12.1 Å². The first-order valence-corrected chi connectivity index (χ1v) is 5.27. The zero-order valence-electron chi connectivity index (χ0n) is 9.79. The largest absolute Gasteiger partial charge is 0.369 e. The summed E-state index contributed by atoms with van der Waals surface area (Å²) in [6.07, 6.45) is 3.21. The number of benzene rings is 1. The van der Waals surface area contributed by atoms with Gasteiger partial charge in [0.05, 0.1) is 17.4 Å². The fourth-order valence-corrected chi connectivity index (χ4v) is 1.53. The van der Waals surface area contributed by atoms with Crippen molar-refractivity contribution in [1.29, 1.82) is 0 Å². The van der Waals surface area contributed by atoms with Crippen LogP contribution in [0.4, 0.5) is 0 Å². The van der Waals surface area contributed by atoms with Gasteiger partial charge in [-0.3, -0.25) is 9.78 Å². The van der Waals surface area contributed by atoms with Crippen molar-refractivity contribution in [1.82, 2.24) is 9.88 Å². The summed E-state index contributed by atoms with van der Waals surface area (Å²) in [5.41, 5.74) is 1.38. The molecule has 2 rings (SSSR count). The van der Waals surface area contributed by atoms with Crippen molar-refractivity contribution in [2.75, 3.05) is 14.1 Å². The van der Waals surface area contributed by atoms with Crippen molar-refractivity contribution < 1.29 is 4.79 Å². The van der Waals surface area contributed by atoms with E-state index in [0.29, 0.717) is 5.56 Å². The number of aliphatic imine (C=N–C) groups is 1. The van der Waals surface area contributed by atoms with Gasteiger partial charge in [-0.05, 0) is 18.2 Å².